The lowest BCUT2D eigenvalue weighted by Crippen LogP contribution is -2.00. The van der Waals surface area contributed by atoms with E-state index in [2.05, 4.69) is 78.4 Å². The van der Waals surface area contributed by atoms with Crippen molar-refractivity contribution in [2.45, 2.75) is 36.3 Å². The summed E-state index contributed by atoms with van der Waals surface area (Å²) in [5.41, 5.74) is 3.70. The van der Waals surface area contributed by atoms with Gasteiger partial charge in [0.1, 0.15) is 43.9 Å². The lowest BCUT2D eigenvalue weighted by atomic mass is 10.0. The number of anilines is 1. The largest absolute Gasteiger partial charge is 0.505 e. The summed E-state index contributed by atoms with van der Waals surface area (Å²) >= 11 is 1.64. The first-order valence-electron chi connectivity index (χ1n) is 21.6. The fourth-order valence-corrected chi connectivity index (χ4v) is 10.7. The molecule has 0 unspecified atom stereocenters. The van der Waals surface area contributed by atoms with Crippen LogP contribution in [0.25, 0.3) is 32.3 Å². The number of nitrogens with zero attached hydrogens (tertiary/aromatic N) is 8. The predicted molar refractivity (Wildman–Crippen MR) is 285 cm³/mol. The lowest BCUT2D eigenvalue weighted by molar-refractivity contribution is -0.432. The third-order valence-corrected chi connectivity index (χ3v) is 15.1. The molecule has 0 fully saturated rings. The third-order valence-electron chi connectivity index (χ3n) is 10.9. The molecule has 0 spiro atoms. The van der Waals surface area contributed by atoms with E-state index in [4.69, 9.17) is 26.8 Å². The van der Waals surface area contributed by atoms with Gasteiger partial charge < -0.3 is 26.2 Å². The molecule has 0 amide bonds. The Morgan fingerprint density at radius 3 is 1.55 bits per heavy atom. The molecule has 12 N–H and O–H groups in total. The summed E-state index contributed by atoms with van der Waals surface area (Å²) < 4.78 is 89.5. The average molecular weight is 1250 g/mol. The van der Waals surface area contributed by atoms with E-state index in [-0.39, 0.29) is 104 Å². The van der Waals surface area contributed by atoms with Gasteiger partial charge in [-0.25, -0.2) is 25.8 Å². The Hall–Kier alpha value is -7.65. The predicted octanol–water partition coefficient (Wildman–Crippen LogP) is 13.7. The number of nitrogen functional groups attached to an aromatic ring is 1. The Labute approximate surface area is 473 Å². The van der Waals surface area contributed by atoms with Gasteiger partial charge in [-0.05, 0) is 108 Å². The summed E-state index contributed by atoms with van der Waals surface area (Å²) in [7, 11) is -10.4. The van der Waals surface area contributed by atoms with Gasteiger partial charge in [-0.3, -0.25) is 9.11 Å². The van der Waals surface area contributed by atoms with Gasteiger partial charge >= 0.3 is 5.97 Å². The number of fused-ring (bicyclic) bond motifs is 3. The van der Waals surface area contributed by atoms with Crippen molar-refractivity contribution in [3.05, 3.63) is 108 Å². The zero-order valence-corrected chi connectivity index (χ0v) is 45.0. The first-order valence-corrected chi connectivity index (χ1v) is 27.4. The normalized spacial score (nSPS) is 12.5. The number of phenolic OH excluding ortho intramolecular Hbond substituents is 3. The van der Waals surface area contributed by atoms with E-state index < -0.39 is 70.3 Å². The van der Waals surface area contributed by atoms with Crippen LogP contribution < -0.4 is 5.73 Å². The van der Waals surface area contributed by atoms with E-state index in [0.29, 0.717) is 41.7 Å². The Bertz CT molecular complexity index is 4200. The molecular formula is C44H31N9O23S6. The minimum atomic E-state index is -5.29. The van der Waals surface area contributed by atoms with Crippen LogP contribution in [0.1, 0.15) is 15.9 Å². The molecule has 0 saturated carbocycles. The molecule has 426 valence electrons. The van der Waals surface area contributed by atoms with Crippen LogP contribution >= 0.6 is 48.2 Å². The molecule has 0 atom stereocenters. The molecule has 8 rings (SSSR count). The summed E-state index contributed by atoms with van der Waals surface area (Å²) in [6.07, 6.45) is 0. The number of hydrogen-bond donors (Lipinski definition) is 11. The second-order valence-electron chi connectivity index (χ2n) is 15.9. The fourth-order valence-electron chi connectivity index (χ4n) is 7.44. The zero-order chi connectivity index (χ0) is 59.0. The number of carboxylic acid groups (broad SMARTS) is 1. The first kappa shape index (κ1) is 60.4. The van der Waals surface area contributed by atoms with E-state index >= 15 is 0 Å². The number of azo groups is 4. The number of carboxylic acids is 1. The Kier molecular flexibility index (Phi) is 19.2. The molecule has 0 bridgehead atoms. The van der Waals surface area contributed by atoms with Crippen LogP contribution in [0.2, 0.25) is 0 Å². The van der Waals surface area contributed by atoms with Crippen LogP contribution in [0, 0.1) is 6.92 Å². The molecule has 82 heavy (non-hydrogen) atoms. The maximum atomic E-state index is 12.9. The van der Waals surface area contributed by atoms with E-state index in [1.54, 1.807) is 19.1 Å². The van der Waals surface area contributed by atoms with Crippen molar-refractivity contribution in [3.8, 4) is 17.2 Å². The zero-order valence-electron chi connectivity index (χ0n) is 40.1. The highest BCUT2D eigenvalue weighted by Gasteiger charge is 2.27. The number of hydrogen-bond acceptors (Lipinski definition) is 33. The summed E-state index contributed by atoms with van der Waals surface area (Å²) in [4.78, 5) is 10.3. The fraction of sp³-hybridized carbons (Fsp3) is 0.0227. The summed E-state index contributed by atoms with van der Waals surface area (Å²) in [5.74, 6) is -3.89. The topological polar surface area (TPSA) is 486 Å². The van der Waals surface area contributed by atoms with E-state index in [9.17, 15) is 51.2 Å². The van der Waals surface area contributed by atoms with Gasteiger partial charge in [0.2, 0.25) is 0 Å². The van der Waals surface area contributed by atoms with E-state index in [0.717, 1.165) is 30.3 Å². The standard InChI is InChI=1S/C44H31N9O23S6/c1-18-2-9-28(30(10-18)78-74-70-60)48-53-39-33(81(63,64)65)13-20-4-6-23(16-27(20)42(39)55)47-52-40-34(82(66,67)68)14-21-12-31(79-75-71-61)37(36(45)35(21)43(40)56)50-46-22-5-3-19-11-32(80-76-72-62)38(41(54)26(19)15-22)51-49-29-17-24(77-73-69-59)7-8-25(29)44(57)58/h2-17,54-56,59-62H,45H2,1H3,(H,57,58)(H,63,64,65)(H,66,67,68). The van der Waals surface area contributed by atoms with Crippen molar-refractivity contribution in [2.24, 2.45) is 40.9 Å². The van der Waals surface area contributed by atoms with Gasteiger partial charge in [-0.1, -0.05) is 38.4 Å². The molecule has 0 saturated heterocycles. The average Bonchev–Trinajstić information content (AvgIpc) is 2.13. The number of benzene rings is 8. The molecule has 0 radical (unpaired) electrons. The van der Waals surface area contributed by atoms with Crippen LogP contribution in [-0.2, 0) is 57.7 Å². The second-order valence-corrected chi connectivity index (χ2v) is 21.7. The molecule has 0 aliphatic carbocycles. The van der Waals surface area contributed by atoms with Crippen molar-refractivity contribution < 1.29 is 110 Å². The Morgan fingerprint density at radius 2 is 0.963 bits per heavy atom. The maximum absolute atomic E-state index is 12.9. The number of aryl methyl sites for hydroxylation is 1. The molecular weight excluding hydrogens is 1210 g/mol. The number of carbonyl (C=O) groups is 1. The maximum Gasteiger partial charge on any atom is 0.337 e. The van der Waals surface area contributed by atoms with E-state index in [1.807, 2.05) is 0 Å². The number of nitrogens with two attached hydrogens (primary N) is 1. The van der Waals surface area contributed by atoms with Gasteiger partial charge in [0.15, 0.2) is 17.2 Å². The first-order chi connectivity index (χ1) is 39.1. The van der Waals surface area contributed by atoms with Gasteiger partial charge in [0.05, 0.1) is 90.9 Å². The van der Waals surface area contributed by atoms with Crippen LogP contribution in [0.3, 0.4) is 0 Å². The summed E-state index contributed by atoms with van der Waals surface area (Å²) in [6.45, 7) is 1.71. The molecule has 0 aliphatic rings. The highest BCUT2D eigenvalue weighted by Crippen LogP contribution is 2.51. The number of rotatable bonds is 23. The molecule has 0 aromatic heterocycles. The Morgan fingerprint density at radius 1 is 0.488 bits per heavy atom. The second kappa shape index (κ2) is 26.1. The van der Waals surface area contributed by atoms with Crippen LogP contribution in [0.4, 0.5) is 51.2 Å². The monoisotopic (exact) mass is 1240 g/mol. The summed E-state index contributed by atoms with van der Waals surface area (Å²) in [6, 6.07) is 20.3. The van der Waals surface area contributed by atoms with Crippen molar-refractivity contribution >= 4 is 158 Å². The van der Waals surface area contributed by atoms with Crippen molar-refractivity contribution in [3.63, 3.8) is 0 Å². The number of aromatic hydroxyl groups is 3. The molecule has 0 heterocycles. The van der Waals surface area contributed by atoms with Gasteiger partial charge in [-0.15, -0.1) is 48.0 Å². The number of phenols is 3. The highest BCUT2D eigenvalue weighted by atomic mass is 32.2. The van der Waals surface area contributed by atoms with E-state index in [1.165, 1.54) is 54.6 Å². The molecule has 38 heteroatoms. The third kappa shape index (κ3) is 13.6. The summed E-state index contributed by atoms with van der Waals surface area (Å²) in [5, 5.41) is 126. The smallest absolute Gasteiger partial charge is 0.337 e. The highest BCUT2D eigenvalue weighted by molar-refractivity contribution is 7.95. The van der Waals surface area contributed by atoms with Crippen LogP contribution in [0.15, 0.2) is 167 Å². The van der Waals surface area contributed by atoms with Crippen LogP contribution in [0.5, 0.6) is 17.2 Å². The Balaban J connectivity index is 1.20. The molecule has 0 aliphatic heterocycles. The van der Waals surface area contributed by atoms with Crippen molar-refractivity contribution in [1.29, 1.82) is 0 Å². The molecule has 8 aromatic carbocycles. The van der Waals surface area contributed by atoms with Crippen LogP contribution in [-0.4, -0.2) is 73.4 Å². The lowest BCUT2D eigenvalue weighted by Gasteiger charge is -2.14. The quantitative estimate of drug-likeness (QED) is 0.00707. The van der Waals surface area contributed by atoms with Gasteiger partial charge in [0, 0.05) is 15.7 Å². The van der Waals surface area contributed by atoms with Gasteiger partial charge in [-0.2, -0.15) is 27.1 Å². The van der Waals surface area contributed by atoms with Crippen molar-refractivity contribution in [2.75, 3.05) is 5.73 Å². The van der Waals surface area contributed by atoms with Gasteiger partial charge in [0.25, 0.3) is 20.2 Å². The molecule has 8 aromatic rings. The van der Waals surface area contributed by atoms with Crippen molar-refractivity contribution in [1.82, 2.24) is 0 Å². The number of aromatic carboxylic acids is 1. The molecule has 32 nitrogen and oxygen atoms in total. The minimum absolute atomic E-state index is 0.00637. The minimum Gasteiger partial charge on any atom is -0.505 e. The SMILES string of the molecule is Cc1ccc(N=Nc2c(S(=O)(=O)O)cc3ccc(N=Nc4c(S(=O)(=O)O)cc5cc(SOOO)c(N=Nc6ccc7cc(SOOO)c(N=Nc8cc(SOOO)ccc8C(=O)O)c(O)c7c6)c(N)c5c4O)cc3c2O)c(SOOO)c1.